The highest BCUT2D eigenvalue weighted by molar-refractivity contribution is 8.01. The first-order valence-electron chi connectivity index (χ1n) is 9.14. The van der Waals surface area contributed by atoms with Gasteiger partial charge in [-0.3, -0.25) is 9.59 Å². The van der Waals surface area contributed by atoms with E-state index in [4.69, 9.17) is 0 Å². The van der Waals surface area contributed by atoms with Crippen LogP contribution in [0.2, 0.25) is 0 Å². The van der Waals surface area contributed by atoms with Gasteiger partial charge in [0.2, 0.25) is 5.91 Å². The van der Waals surface area contributed by atoms with Gasteiger partial charge in [-0.05, 0) is 25.0 Å². The highest BCUT2D eigenvalue weighted by Gasteiger charge is 2.24. The van der Waals surface area contributed by atoms with Crippen LogP contribution in [0, 0.1) is 5.82 Å². The Morgan fingerprint density at radius 3 is 2.55 bits per heavy atom. The molecule has 4 rings (SSSR count). The largest absolute Gasteiger partial charge is 0.353 e. The molecule has 1 fully saturated rings. The van der Waals surface area contributed by atoms with Crippen LogP contribution >= 0.6 is 23.1 Å². The second-order valence-electron chi connectivity index (χ2n) is 6.59. The number of benzene rings is 2. The van der Waals surface area contributed by atoms with Crippen LogP contribution in [-0.2, 0) is 4.79 Å². The lowest BCUT2D eigenvalue weighted by Gasteiger charge is -2.06. The number of nitrogens with zero attached hydrogens (tertiary/aromatic N) is 1. The number of thioether (sulfide) groups is 1. The van der Waals surface area contributed by atoms with Crippen LogP contribution in [0.3, 0.4) is 0 Å². The lowest BCUT2D eigenvalue weighted by atomic mass is 10.1. The lowest BCUT2D eigenvalue weighted by molar-refractivity contribution is -0.118. The summed E-state index contributed by atoms with van der Waals surface area (Å²) in [6.45, 7) is 0. The average Bonchev–Trinajstić information content (AvgIpc) is 3.45. The molecule has 0 aliphatic heterocycles. The van der Waals surface area contributed by atoms with Crippen molar-refractivity contribution >= 4 is 39.9 Å². The molecule has 148 valence electrons. The molecule has 5 nitrogen and oxygen atoms in total. The van der Waals surface area contributed by atoms with Gasteiger partial charge in [0.25, 0.3) is 5.91 Å². The predicted octanol–water partition coefficient (Wildman–Crippen LogP) is 4.57. The molecule has 29 heavy (non-hydrogen) atoms. The maximum Gasteiger partial charge on any atom is 0.259 e. The van der Waals surface area contributed by atoms with E-state index in [-0.39, 0.29) is 17.2 Å². The molecule has 0 saturated heterocycles. The van der Waals surface area contributed by atoms with Crippen LogP contribution in [-0.4, -0.2) is 28.6 Å². The zero-order valence-corrected chi connectivity index (χ0v) is 17.0. The van der Waals surface area contributed by atoms with E-state index < -0.39 is 11.7 Å². The minimum atomic E-state index is -0.581. The van der Waals surface area contributed by atoms with Gasteiger partial charge in [0.1, 0.15) is 16.5 Å². The molecular formula is C21H18FN3O2S2. The van der Waals surface area contributed by atoms with Crippen molar-refractivity contribution in [1.82, 2.24) is 10.3 Å². The maximum absolute atomic E-state index is 14.0. The van der Waals surface area contributed by atoms with E-state index in [1.165, 1.54) is 41.3 Å². The predicted molar refractivity (Wildman–Crippen MR) is 114 cm³/mol. The quantitative estimate of drug-likeness (QED) is 0.542. The smallest absolute Gasteiger partial charge is 0.259 e. The SMILES string of the molecule is O=C(CSc1nc(-c2ccccc2)c(NC(=O)c2ccccc2F)s1)NC1CC1. The van der Waals surface area contributed by atoms with Gasteiger partial charge in [-0.1, -0.05) is 65.6 Å². The van der Waals surface area contributed by atoms with Crippen molar-refractivity contribution in [2.75, 3.05) is 11.1 Å². The van der Waals surface area contributed by atoms with Crippen molar-refractivity contribution in [3.8, 4) is 11.3 Å². The fourth-order valence-corrected chi connectivity index (χ4v) is 4.55. The Kier molecular flexibility index (Phi) is 5.92. The molecule has 0 radical (unpaired) electrons. The third kappa shape index (κ3) is 5.02. The normalized spacial score (nSPS) is 13.1. The second-order valence-corrected chi connectivity index (χ2v) is 8.81. The van der Waals surface area contributed by atoms with E-state index in [9.17, 15) is 14.0 Å². The van der Waals surface area contributed by atoms with Crippen molar-refractivity contribution in [2.45, 2.75) is 23.2 Å². The van der Waals surface area contributed by atoms with Gasteiger partial charge >= 0.3 is 0 Å². The van der Waals surface area contributed by atoms with Gasteiger partial charge < -0.3 is 10.6 Å². The molecule has 2 aromatic carbocycles. The molecule has 0 bridgehead atoms. The average molecular weight is 428 g/mol. The third-order valence-corrected chi connectivity index (χ3v) is 6.38. The molecule has 2 N–H and O–H groups in total. The van der Waals surface area contributed by atoms with Gasteiger partial charge in [0.05, 0.1) is 11.3 Å². The number of nitrogens with one attached hydrogen (secondary N) is 2. The highest BCUT2D eigenvalue weighted by Crippen LogP contribution is 2.38. The maximum atomic E-state index is 14.0. The molecule has 0 spiro atoms. The molecule has 3 aromatic rings. The zero-order chi connectivity index (χ0) is 20.2. The number of amides is 2. The number of rotatable bonds is 7. The summed E-state index contributed by atoms with van der Waals surface area (Å²) in [5, 5.41) is 6.25. The second kappa shape index (κ2) is 8.75. The Balaban J connectivity index is 1.55. The van der Waals surface area contributed by atoms with Crippen molar-refractivity contribution in [3.63, 3.8) is 0 Å². The van der Waals surface area contributed by atoms with Gasteiger partial charge in [-0.25, -0.2) is 9.37 Å². The molecule has 1 saturated carbocycles. The van der Waals surface area contributed by atoms with Crippen LogP contribution in [0.25, 0.3) is 11.3 Å². The number of aromatic nitrogens is 1. The van der Waals surface area contributed by atoms with E-state index in [0.29, 0.717) is 21.1 Å². The summed E-state index contributed by atoms with van der Waals surface area (Å²) in [4.78, 5) is 29.2. The Labute approximate surface area is 175 Å². The number of thiazole rings is 1. The Hall–Kier alpha value is -2.71. The van der Waals surface area contributed by atoms with E-state index in [1.807, 2.05) is 30.3 Å². The van der Waals surface area contributed by atoms with Crippen LogP contribution in [0.4, 0.5) is 9.39 Å². The number of halogens is 1. The van der Waals surface area contributed by atoms with Crippen molar-refractivity contribution in [2.24, 2.45) is 0 Å². The van der Waals surface area contributed by atoms with E-state index in [0.717, 1.165) is 18.4 Å². The van der Waals surface area contributed by atoms with E-state index in [2.05, 4.69) is 15.6 Å². The lowest BCUT2D eigenvalue weighted by Crippen LogP contribution is -2.26. The fourth-order valence-electron chi connectivity index (χ4n) is 2.68. The number of carbonyl (C=O) groups is 2. The number of hydrogen-bond donors (Lipinski definition) is 2. The summed E-state index contributed by atoms with van der Waals surface area (Å²) in [6.07, 6.45) is 2.08. The van der Waals surface area contributed by atoms with Crippen LogP contribution in [0.5, 0.6) is 0 Å². The fraction of sp³-hybridized carbons (Fsp3) is 0.190. The topological polar surface area (TPSA) is 71.1 Å². The van der Waals surface area contributed by atoms with Crippen molar-refractivity contribution in [3.05, 3.63) is 66.0 Å². The molecule has 0 unspecified atom stereocenters. The summed E-state index contributed by atoms with van der Waals surface area (Å²) in [5.41, 5.74) is 1.41. The number of hydrogen-bond acceptors (Lipinski definition) is 5. The van der Waals surface area contributed by atoms with Gasteiger partial charge in [0, 0.05) is 11.6 Å². The molecule has 1 aromatic heterocycles. The van der Waals surface area contributed by atoms with Crippen LogP contribution in [0.15, 0.2) is 58.9 Å². The summed E-state index contributed by atoms with van der Waals surface area (Å²) >= 11 is 2.60. The van der Waals surface area contributed by atoms with E-state index in [1.54, 1.807) is 6.07 Å². The first-order valence-corrected chi connectivity index (χ1v) is 10.9. The summed E-state index contributed by atoms with van der Waals surface area (Å²) in [7, 11) is 0. The van der Waals surface area contributed by atoms with Crippen LogP contribution < -0.4 is 10.6 Å². The molecule has 1 aliphatic rings. The summed E-state index contributed by atoms with van der Waals surface area (Å²) in [6, 6.07) is 15.6. The van der Waals surface area contributed by atoms with E-state index >= 15 is 0 Å². The Morgan fingerprint density at radius 1 is 1.10 bits per heavy atom. The summed E-state index contributed by atoms with van der Waals surface area (Å²) < 4.78 is 14.6. The number of anilines is 1. The first-order chi connectivity index (χ1) is 14.1. The molecule has 1 heterocycles. The molecule has 8 heteroatoms. The Bertz CT molecular complexity index is 1040. The van der Waals surface area contributed by atoms with Gasteiger partial charge in [-0.2, -0.15) is 0 Å². The molecular weight excluding hydrogens is 409 g/mol. The molecule has 0 atom stereocenters. The zero-order valence-electron chi connectivity index (χ0n) is 15.4. The monoisotopic (exact) mass is 427 g/mol. The molecule has 2 amide bonds. The Morgan fingerprint density at radius 2 is 1.83 bits per heavy atom. The van der Waals surface area contributed by atoms with Gasteiger partial charge in [-0.15, -0.1) is 0 Å². The summed E-state index contributed by atoms with van der Waals surface area (Å²) in [5.74, 6) is -0.876. The highest BCUT2D eigenvalue weighted by atomic mass is 32.2. The van der Waals surface area contributed by atoms with Crippen molar-refractivity contribution < 1.29 is 14.0 Å². The van der Waals surface area contributed by atoms with Crippen molar-refractivity contribution in [1.29, 1.82) is 0 Å². The number of carbonyl (C=O) groups excluding carboxylic acids is 2. The van der Waals surface area contributed by atoms with Gasteiger partial charge in [0.15, 0.2) is 4.34 Å². The standard InChI is InChI=1S/C21H18FN3O2S2/c22-16-9-5-4-8-15(16)19(27)25-20-18(13-6-2-1-3-7-13)24-21(29-20)28-12-17(26)23-14-10-11-14/h1-9,14H,10-12H2,(H,23,26)(H,25,27). The van der Waals surface area contributed by atoms with Crippen LogP contribution in [0.1, 0.15) is 23.2 Å². The molecule has 1 aliphatic carbocycles. The minimum Gasteiger partial charge on any atom is -0.353 e. The first kappa shape index (κ1) is 19.6. The minimum absolute atomic E-state index is 0.0223. The third-order valence-electron chi connectivity index (χ3n) is 4.27.